The molecule has 0 aliphatic carbocycles. The van der Waals surface area contributed by atoms with Crippen molar-refractivity contribution in [2.45, 2.75) is 32.9 Å². The third-order valence-electron chi connectivity index (χ3n) is 2.82. The Bertz CT molecular complexity index is 622. The van der Waals surface area contributed by atoms with E-state index in [1.807, 2.05) is 32.0 Å². The highest BCUT2D eigenvalue weighted by Crippen LogP contribution is 2.27. The van der Waals surface area contributed by atoms with Crippen LogP contribution in [0.1, 0.15) is 19.7 Å². The minimum absolute atomic E-state index is 0.0540. The van der Waals surface area contributed by atoms with Gasteiger partial charge in [-0.1, -0.05) is 6.07 Å². The fourth-order valence-corrected chi connectivity index (χ4v) is 2.30. The Kier molecular flexibility index (Phi) is 4.49. The fraction of sp³-hybridized carbons (Fsp3) is 0.429. The lowest BCUT2D eigenvalue weighted by Crippen LogP contribution is -2.20. The van der Waals surface area contributed by atoms with Crippen molar-refractivity contribution in [3.05, 3.63) is 24.0 Å². The lowest BCUT2D eigenvalue weighted by atomic mass is 10.3. The smallest absolute Gasteiger partial charge is 0.237 e. The van der Waals surface area contributed by atoms with Crippen LogP contribution in [0.5, 0.6) is 5.75 Å². The van der Waals surface area contributed by atoms with Crippen molar-refractivity contribution in [2.75, 3.05) is 5.88 Å². The summed E-state index contributed by atoms with van der Waals surface area (Å²) < 4.78 is 7.55. The molecule has 1 heterocycles. The number of benzene rings is 1. The van der Waals surface area contributed by atoms with Crippen LogP contribution in [0.3, 0.4) is 0 Å². The van der Waals surface area contributed by atoms with E-state index in [-0.39, 0.29) is 12.6 Å². The van der Waals surface area contributed by atoms with Crippen molar-refractivity contribution in [2.24, 2.45) is 5.73 Å². The van der Waals surface area contributed by atoms with Crippen molar-refractivity contribution >= 4 is 28.5 Å². The van der Waals surface area contributed by atoms with E-state index < -0.39 is 5.91 Å². The van der Waals surface area contributed by atoms with E-state index in [1.165, 1.54) is 0 Å². The predicted octanol–water partition coefficient (Wildman–Crippen LogP) is 2.09. The van der Waals surface area contributed by atoms with E-state index in [9.17, 15) is 4.79 Å². The molecule has 0 bridgehead atoms. The average molecular weight is 296 g/mol. The van der Waals surface area contributed by atoms with Crippen LogP contribution in [0.15, 0.2) is 18.2 Å². The van der Waals surface area contributed by atoms with Crippen LogP contribution in [0.4, 0.5) is 0 Å². The standard InChI is InChI=1S/C14H18ClN3O2/c1-9(2)20-11-5-3-4-10-14(11)17-13(6-7-15)18(10)8-12(16)19/h3-5,9H,6-8H2,1-2H3,(H2,16,19). The lowest BCUT2D eigenvalue weighted by molar-refractivity contribution is -0.118. The highest BCUT2D eigenvalue weighted by molar-refractivity contribution is 6.17. The summed E-state index contributed by atoms with van der Waals surface area (Å²) in [7, 11) is 0. The third kappa shape index (κ3) is 3.04. The maximum atomic E-state index is 11.2. The first-order valence-electron chi connectivity index (χ1n) is 6.52. The molecule has 0 saturated carbocycles. The fourth-order valence-electron chi connectivity index (χ4n) is 2.13. The Morgan fingerprint density at radius 1 is 1.50 bits per heavy atom. The van der Waals surface area contributed by atoms with E-state index in [0.717, 1.165) is 16.9 Å². The maximum Gasteiger partial charge on any atom is 0.237 e. The van der Waals surface area contributed by atoms with E-state index in [4.69, 9.17) is 22.1 Å². The first kappa shape index (κ1) is 14.7. The Balaban J connectivity index is 2.56. The number of ether oxygens (including phenoxy) is 1. The number of hydrogen-bond donors (Lipinski definition) is 1. The van der Waals surface area contributed by atoms with Gasteiger partial charge in [-0.2, -0.15) is 0 Å². The molecule has 0 radical (unpaired) electrons. The summed E-state index contributed by atoms with van der Waals surface area (Å²) in [5, 5.41) is 0. The summed E-state index contributed by atoms with van der Waals surface area (Å²) in [5.41, 5.74) is 6.88. The number of hydrogen-bond acceptors (Lipinski definition) is 3. The van der Waals surface area contributed by atoms with E-state index in [2.05, 4.69) is 4.98 Å². The molecule has 20 heavy (non-hydrogen) atoms. The molecule has 0 saturated heterocycles. The zero-order valence-corrected chi connectivity index (χ0v) is 12.4. The number of rotatable bonds is 6. The number of alkyl halides is 1. The van der Waals surface area contributed by atoms with E-state index in [0.29, 0.717) is 18.1 Å². The largest absolute Gasteiger partial charge is 0.489 e. The molecule has 0 fully saturated rings. The van der Waals surface area contributed by atoms with Gasteiger partial charge in [0.1, 0.15) is 23.6 Å². The topological polar surface area (TPSA) is 70.1 Å². The summed E-state index contributed by atoms with van der Waals surface area (Å²) in [6, 6.07) is 5.65. The number of primary amides is 1. The zero-order valence-electron chi connectivity index (χ0n) is 11.6. The minimum Gasteiger partial charge on any atom is -0.489 e. The SMILES string of the molecule is CC(C)Oc1cccc2c1nc(CCCl)n2CC(N)=O. The second kappa shape index (κ2) is 6.13. The number of aromatic nitrogens is 2. The van der Waals surface area contributed by atoms with Crippen molar-refractivity contribution in [1.29, 1.82) is 0 Å². The lowest BCUT2D eigenvalue weighted by Gasteiger charge is -2.10. The number of para-hydroxylation sites is 1. The molecule has 1 aromatic heterocycles. The van der Waals surface area contributed by atoms with Gasteiger partial charge < -0.3 is 15.0 Å². The Labute approximate surface area is 122 Å². The number of imidazole rings is 1. The normalized spacial score (nSPS) is 11.2. The molecular weight excluding hydrogens is 278 g/mol. The van der Waals surface area contributed by atoms with Crippen LogP contribution in [-0.4, -0.2) is 27.4 Å². The number of nitrogens with zero attached hydrogens (tertiary/aromatic N) is 2. The number of halogens is 1. The molecular formula is C14H18ClN3O2. The van der Waals surface area contributed by atoms with Gasteiger partial charge in [-0.15, -0.1) is 11.6 Å². The van der Waals surface area contributed by atoms with E-state index >= 15 is 0 Å². The molecule has 1 amide bonds. The molecule has 2 N–H and O–H groups in total. The summed E-state index contributed by atoms with van der Waals surface area (Å²) in [6.45, 7) is 4.01. The Hall–Kier alpha value is -1.75. The highest BCUT2D eigenvalue weighted by atomic mass is 35.5. The van der Waals surface area contributed by atoms with Crippen molar-refractivity contribution in [3.63, 3.8) is 0 Å². The van der Waals surface area contributed by atoms with Gasteiger partial charge in [-0.05, 0) is 26.0 Å². The molecule has 108 valence electrons. The molecule has 0 aliphatic rings. The highest BCUT2D eigenvalue weighted by Gasteiger charge is 2.15. The summed E-state index contributed by atoms with van der Waals surface area (Å²) in [6.07, 6.45) is 0.628. The molecule has 2 rings (SSSR count). The second-order valence-corrected chi connectivity index (χ2v) is 5.19. The van der Waals surface area contributed by atoms with Gasteiger partial charge in [0.15, 0.2) is 0 Å². The zero-order chi connectivity index (χ0) is 14.7. The molecule has 0 spiro atoms. The van der Waals surface area contributed by atoms with Crippen molar-refractivity contribution < 1.29 is 9.53 Å². The van der Waals surface area contributed by atoms with Gasteiger partial charge in [0.2, 0.25) is 5.91 Å². The first-order valence-corrected chi connectivity index (χ1v) is 7.05. The molecule has 0 atom stereocenters. The van der Waals surface area contributed by atoms with Gasteiger partial charge >= 0.3 is 0 Å². The van der Waals surface area contributed by atoms with Crippen molar-refractivity contribution in [3.8, 4) is 5.75 Å². The minimum atomic E-state index is -0.407. The predicted molar refractivity (Wildman–Crippen MR) is 79.1 cm³/mol. The second-order valence-electron chi connectivity index (χ2n) is 4.81. The molecule has 5 nitrogen and oxygen atoms in total. The van der Waals surface area contributed by atoms with Gasteiger partial charge in [0.05, 0.1) is 11.6 Å². The Morgan fingerprint density at radius 2 is 2.25 bits per heavy atom. The Morgan fingerprint density at radius 3 is 2.85 bits per heavy atom. The number of carbonyl (C=O) groups excluding carboxylic acids is 1. The van der Waals surface area contributed by atoms with Crippen LogP contribution in [0.25, 0.3) is 11.0 Å². The number of nitrogens with two attached hydrogens (primary N) is 1. The average Bonchev–Trinajstić information content (AvgIpc) is 2.68. The number of fused-ring (bicyclic) bond motifs is 1. The maximum absolute atomic E-state index is 11.2. The molecule has 0 aliphatic heterocycles. The first-order chi connectivity index (χ1) is 9.52. The number of amides is 1. The summed E-state index contributed by atoms with van der Waals surface area (Å²) in [4.78, 5) is 15.8. The number of carbonyl (C=O) groups is 1. The van der Waals surface area contributed by atoms with Crippen LogP contribution >= 0.6 is 11.6 Å². The van der Waals surface area contributed by atoms with Gasteiger partial charge in [0, 0.05) is 12.3 Å². The molecule has 2 aromatic rings. The molecule has 0 unspecified atom stereocenters. The molecule has 1 aromatic carbocycles. The summed E-state index contributed by atoms with van der Waals surface area (Å²) >= 11 is 5.80. The van der Waals surface area contributed by atoms with Crippen LogP contribution in [0.2, 0.25) is 0 Å². The van der Waals surface area contributed by atoms with Crippen LogP contribution in [-0.2, 0) is 17.8 Å². The van der Waals surface area contributed by atoms with E-state index in [1.54, 1.807) is 4.57 Å². The third-order valence-corrected chi connectivity index (χ3v) is 3.00. The van der Waals surface area contributed by atoms with Gasteiger partial charge in [0.25, 0.3) is 0 Å². The quantitative estimate of drug-likeness (QED) is 0.830. The monoisotopic (exact) mass is 295 g/mol. The van der Waals surface area contributed by atoms with Gasteiger partial charge in [-0.3, -0.25) is 4.79 Å². The molecule has 6 heteroatoms. The summed E-state index contributed by atoms with van der Waals surface area (Å²) in [5.74, 6) is 1.48. The van der Waals surface area contributed by atoms with Crippen LogP contribution < -0.4 is 10.5 Å². The van der Waals surface area contributed by atoms with Crippen LogP contribution in [0, 0.1) is 0 Å². The van der Waals surface area contributed by atoms with Crippen molar-refractivity contribution in [1.82, 2.24) is 9.55 Å². The van der Waals surface area contributed by atoms with Gasteiger partial charge in [-0.25, -0.2) is 4.98 Å². The number of aryl methyl sites for hydroxylation is 1.